The molecule has 1 aromatic carbocycles. The number of nitrogens with one attached hydrogen (secondary N) is 1. The zero-order valence-electron chi connectivity index (χ0n) is 11.8. The van der Waals surface area contributed by atoms with Crippen molar-refractivity contribution in [2.75, 3.05) is 19.9 Å². The predicted molar refractivity (Wildman–Crippen MR) is 83.7 cm³/mol. The minimum Gasteiger partial charge on any atom is -0.493 e. The molecule has 0 aliphatic rings. The van der Waals surface area contributed by atoms with Crippen molar-refractivity contribution in [3.63, 3.8) is 0 Å². The monoisotopic (exact) mass is 311 g/mol. The molecule has 0 fully saturated rings. The van der Waals surface area contributed by atoms with Gasteiger partial charge in [-0.3, -0.25) is 4.68 Å². The number of aryl methyl sites for hydroxylation is 1. The Bertz CT molecular complexity index is 573. The maximum atomic E-state index is 6.18. The summed E-state index contributed by atoms with van der Waals surface area (Å²) in [5, 5.41) is 8.33. The Morgan fingerprint density at radius 2 is 2.20 bits per heavy atom. The lowest BCUT2D eigenvalue weighted by molar-refractivity contribution is 0.401. The van der Waals surface area contributed by atoms with E-state index in [0.717, 1.165) is 27.1 Å². The Balaban J connectivity index is 2.13. The maximum Gasteiger partial charge on any atom is 0.161 e. The molecule has 1 N–H and O–H groups in total. The van der Waals surface area contributed by atoms with Crippen LogP contribution in [-0.4, -0.2) is 29.7 Å². The van der Waals surface area contributed by atoms with E-state index in [-0.39, 0.29) is 6.04 Å². The Labute approximate surface area is 128 Å². The van der Waals surface area contributed by atoms with Gasteiger partial charge < -0.3 is 10.1 Å². The average Bonchev–Trinajstić information content (AvgIpc) is 2.83. The third-order valence-electron chi connectivity index (χ3n) is 3.09. The number of hydrogen-bond donors (Lipinski definition) is 1. The van der Waals surface area contributed by atoms with Crippen molar-refractivity contribution in [1.29, 1.82) is 0 Å². The van der Waals surface area contributed by atoms with Crippen LogP contribution < -0.4 is 10.1 Å². The first-order valence-corrected chi connectivity index (χ1v) is 7.64. The van der Waals surface area contributed by atoms with Crippen molar-refractivity contribution in [1.82, 2.24) is 15.1 Å². The van der Waals surface area contributed by atoms with Crippen molar-refractivity contribution < 1.29 is 4.74 Å². The number of aromatic nitrogens is 2. The Morgan fingerprint density at radius 3 is 2.85 bits per heavy atom. The van der Waals surface area contributed by atoms with Crippen molar-refractivity contribution in [2.24, 2.45) is 7.05 Å². The summed E-state index contributed by atoms with van der Waals surface area (Å²) in [6.07, 6.45) is 1.74. The molecule has 2 rings (SSSR count). The van der Waals surface area contributed by atoms with Gasteiger partial charge in [0, 0.05) is 17.7 Å². The number of thioether (sulfide) groups is 1. The number of benzene rings is 1. The van der Waals surface area contributed by atoms with E-state index in [9.17, 15) is 0 Å². The minimum absolute atomic E-state index is 0.138. The molecule has 0 bridgehead atoms. The third kappa shape index (κ3) is 3.29. The first-order chi connectivity index (χ1) is 9.67. The highest BCUT2D eigenvalue weighted by Crippen LogP contribution is 2.32. The second-order valence-corrected chi connectivity index (χ2v) is 5.77. The lowest BCUT2D eigenvalue weighted by Crippen LogP contribution is -2.22. The van der Waals surface area contributed by atoms with Crippen LogP contribution in [0, 0.1) is 0 Å². The van der Waals surface area contributed by atoms with Gasteiger partial charge in [0.25, 0.3) is 0 Å². The summed E-state index contributed by atoms with van der Waals surface area (Å²) < 4.78 is 7.21. The minimum atomic E-state index is 0.138. The first-order valence-electron chi connectivity index (χ1n) is 6.27. The van der Waals surface area contributed by atoms with Gasteiger partial charge in [0.05, 0.1) is 30.1 Å². The number of methoxy groups -OCH3 is 1. The molecule has 0 amide bonds. The molecular weight excluding hydrogens is 294 g/mol. The van der Waals surface area contributed by atoms with Crippen molar-refractivity contribution in [2.45, 2.75) is 10.9 Å². The van der Waals surface area contributed by atoms with E-state index in [0.29, 0.717) is 0 Å². The molecule has 1 aromatic heterocycles. The second kappa shape index (κ2) is 7.02. The van der Waals surface area contributed by atoms with Crippen LogP contribution in [0.15, 0.2) is 35.4 Å². The van der Waals surface area contributed by atoms with Gasteiger partial charge in [-0.05, 0) is 19.2 Å². The van der Waals surface area contributed by atoms with E-state index in [1.165, 1.54) is 0 Å². The zero-order chi connectivity index (χ0) is 14.5. The number of halogens is 1. The van der Waals surface area contributed by atoms with Gasteiger partial charge in [0.1, 0.15) is 0 Å². The molecule has 108 valence electrons. The van der Waals surface area contributed by atoms with E-state index in [1.54, 1.807) is 25.1 Å². The normalized spacial score (nSPS) is 12.4. The molecule has 1 atom stereocenters. The molecule has 0 saturated carbocycles. The van der Waals surface area contributed by atoms with Gasteiger partial charge in [0.2, 0.25) is 0 Å². The molecule has 0 aliphatic carbocycles. The lowest BCUT2D eigenvalue weighted by Gasteiger charge is -2.18. The highest BCUT2D eigenvalue weighted by atomic mass is 35.5. The maximum absolute atomic E-state index is 6.18. The zero-order valence-corrected chi connectivity index (χ0v) is 13.3. The molecule has 0 spiro atoms. The quantitative estimate of drug-likeness (QED) is 0.832. The molecule has 2 aromatic rings. The van der Waals surface area contributed by atoms with Gasteiger partial charge in [-0.15, -0.1) is 11.8 Å². The van der Waals surface area contributed by atoms with Gasteiger partial charge in [-0.1, -0.05) is 23.7 Å². The van der Waals surface area contributed by atoms with Crippen molar-refractivity contribution >= 4 is 23.4 Å². The van der Waals surface area contributed by atoms with Crippen LogP contribution >= 0.6 is 23.4 Å². The van der Waals surface area contributed by atoms with Crippen LogP contribution in [0.5, 0.6) is 5.75 Å². The molecule has 6 heteroatoms. The Hall–Kier alpha value is -1.17. The SMILES string of the molecule is CNC(CSc1ccccc1Cl)c1c(OC)cnn1C. The first kappa shape index (κ1) is 15.2. The van der Waals surface area contributed by atoms with E-state index in [1.807, 2.05) is 43.0 Å². The molecule has 20 heavy (non-hydrogen) atoms. The van der Waals surface area contributed by atoms with Crippen LogP contribution in [0.3, 0.4) is 0 Å². The third-order valence-corrected chi connectivity index (χ3v) is 4.70. The summed E-state index contributed by atoms with van der Waals surface area (Å²) >= 11 is 7.90. The van der Waals surface area contributed by atoms with Crippen molar-refractivity contribution in [3.05, 3.63) is 41.2 Å². The van der Waals surface area contributed by atoms with Crippen LogP contribution in [0.2, 0.25) is 5.02 Å². The molecule has 4 nitrogen and oxygen atoms in total. The summed E-state index contributed by atoms with van der Waals surface area (Å²) in [6.45, 7) is 0. The van der Waals surface area contributed by atoms with E-state index < -0.39 is 0 Å². The summed E-state index contributed by atoms with van der Waals surface area (Å²) in [4.78, 5) is 1.08. The van der Waals surface area contributed by atoms with Crippen LogP contribution in [0.4, 0.5) is 0 Å². The molecule has 0 saturated heterocycles. The highest BCUT2D eigenvalue weighted by Gasteiger charge is 2.19. The van der Waals surface area contributed by atoms with Gasteiger partial charge >= 0.3 is 0 Å². The lowest BCUT2D eigenvalue weighted by atomic mass is 10.2. The van der Waals surface area contributed by atoms with E-state index in [4.69, 9.17) is 16.3 Å². The summed E-state index contributed by atoms with van der Waals surface area (Å²) in [5.41, 5.74) is 1.04. The molecule has 1 unspecified atom stereocenters. The molecule has 1 heterocycles. The van der Waals surface area contributed by atoms with Gasteiger partial charge in [-0.25, -0.2) is 0 Å². The molecule has 0 radical (unpaired) electrons. The Kier molecular flexibility index (Phi) is 5.34. The fraction of sp³-hybridized carbons (Fsp3) is 0.357. The standard InChI is InChI=1S/C14H18ClN3OS/c1-16-11(14-12(19-3)8-17-18(14)2)9-20-13-7-5-4-6-10(13)15/h4-8,11,16H,9H2,1-3H3. The van der Waals surface area contributed by atoms with Gasteiger partial charge in [-0.2, -0.15) is 5.10 Å². The van der Waals surface area contributed by atoms with E-state index in [2.05, 4.69) is 10.4 Å². The fourth-order valence-electron chi connectivity index (χ4n) is 2.02. The fourth-order valence-corrected chi connectivity index (χ4v) is 3.37. The van der Waals surface area contributed by atoms with E-state index >= 15 is 0 Å². The number of ether oxygens (including phenoxy) is 1. The Morgan fingerprint density at radius 1 is 1.45 bits per heavy atom. The molecule has 0 aliphatic heterocycles. The number of nitrogens with zero attached hydrogens (tertiary/aromatic N) is 2. The highest BCUT2D eigenvalue weighted by molar-refractivity contribution is 7.99. The van der Waals surface area contributed by atoms with Gasteiger partial charge in [0.15, 0.2) is 5.75 Å². The second-order valence-electron chi connectivity index (χ2n) is 4.30. The number of rotatable bonds is 6. The predicted octanol–water partition coefficient (Wildman–Crippen LogP) is 3.13. The smallest absolute Gasteiger partial charge is 0.161 e. The summed E-state index contributed by atoms with van der Waals surface area (Å²) in [7, 11) is 5.51. The van der Waals surface area contributed by atoms with Crippen LogP contribution in [-0.2, 0) is 7.05 Å². The van der Waals surface area contributed by atoms with Crippen molar-refractivity contribution in [3.8, 4) is 5.75 Å². The largest absolute Gasteiger partial charge is 0.493 e. The summed E-state index contributed by atoms with van der Waals surface area (Å²) in [6, 6.07) is 8.00. The topological polar surface area (TPSA) is 39.1 Å². The molecular formula is C14H18ClN3OS. The average molecular weight is 312 g/mol. The summed E-state index contributed by atoms with van der Waals surface area (Å²) in [5.74, 6) is 1.64. The number of hydrogen-bond acceptors (Lipinski definition) is 4. The van der Waals surface area contributed by atoms with Crippen LogP contribution in [0.1, 0.15) is 11.7 Å². The van der Waals surface area contributed by atoms with Crippen LogP contribution in [0.25, 0.3) is 0 Å².